The molecule has 7 N–H and O–H groups in total. The second-order valence-electron chi connectivity index (χ2n) is 10.2. The molecule has 5 heterocycles. The monoisotopic (exact) mass is 618 g/mol. The summed E-state index contributed by atoms with van der Waals surface area (Å²) in [6.07, 6.45) is 3.68. The average Bonchev–Trinajstić information content (AvgIpc) is 3.35. The molecule has 2 amide bonds. The van der Waals surface area contributed by atoms with Crippen LogP contribution in [0.1, 0.15) is 19.7 Å². The molecular formula is C24H28N9O7S2+. The van der Waals surface area contributed by atoms with E-state index in [2.05, 4.69) is 30.5 Å². The van der Waals surface area contributed by atoms with Gasteiger partial charge >= 0.3 is 11.9 Å². The second-order valence-corrected chi connectivity index (χ2v) is 12.1. The Labute approximate surface area is 247 Å². The number of carboxylic acids is 2. The van der Waals surface area contributed by atoms with Crippen molar-refractivity contribution in [3.05, 3.63) is 41.6 Å². The van der Waals surface area contributed by atoms with Crippen molar-refractivity contribution in [3.8, 4) is 0 Å². The Kier molecular flexibility index (Phi) is 8.02. The first-order valence-electron chi connectivity index (χ1n) is 12.7. The largest absolute Gasteiger partial charge is 0.478 e. The summed E-state index contributed by atoms with van der Waals surface area (Å²) >= 11 is 2.09. The van der Waals surface area contributed by atoms with Gasteiger partial charge in [-0.2, -0.15) is 9.36 Å². The number of nitrogens with zero attached hydrogens (tertiary/aromatic N) is 5. The van der Waals surface area contributed by atoms with Gasteiger partial charge in [0.2, 0.25) is 17.1 Å². The second kappa shape index (κ2) is 11.5. The van der Waals surface area contributed by atoms with Crippen molar-refractivity contribution >= 4 is 63.6 Å². The van der Waals surface area contributed by atoms with Crippen LogP contribution in [0.3, 0.4) is 0 Å². The number of β-lactam (4-membered cyclic amide) rings is 1. The first-order chi connectivity index (χ1) is 19.9. The van der Waals surface area contributed by atoms with E-state index in [0.717, 1.165) is 35.2 Å². The number of oxime groups is 1. The van der Waals surface area contributed by atoms with E-state index in [0.29, 0.717) is 17.4 Å². The topological polar surface area (TPSA) is 225 Å². The molecule has 3 aliphatic heterocycles. The fourth-order valence-electron chi connectivity index (χ4n) is 4.23. The molecule has 5 rings (SSSR count). The summed E-state index contributed by atoms with van der Waals surface area (Å²) in [6.45, 7) is 4.52. The van der Waals surface area contributed by atoms with E-state index >= 15 is 0 Å². The van der Waals surface area contributed by atoms with Crippen LogP contribution in [0, 0.1) is 0 Å². The Bertz CT molecular complexity index is 1490. The van der Waals surface area contributed by atoms with Crippen LogP contribution >= 0.6 is 23.3 Å². The quantitative estimate of drug-likeness (QED) is 0.0755. The zero-order chi connectivity index (χ0) is 30.2. The summed E-state index contributed by atoms with van der Waals surface area (Å²) in [5.41, 5.74) is 4.74. The van der Waals surface area contributed by atoms with E-state index in [9.17, 15) is 29.4 Å². The summed E-state index contributed by atoms with van der Waals surface area (Å²) in [5.74, 6) is -4.02. The zero-order valence-electron chi connectivity index (χ0n) is 22.4. The molecule has 2 unspecified atom stereocenters. The van der Waals surface area contributed by atoms with Gasteiger partial charge in [-0.3, -0.25) is 14.5 Å². The summed E-state index contributed by atoms with van der Waals surface area (Å²) in [6, 6.07) is 3.11. The molecule has 0 spiro atoms. The Morgan fingerprint density at radius 1 is 1.29 bits per heavy atom. The van der Waals surface area contributed by atoms with Crippen molar-refractivity contribution in [2.24, 2.45) is 5.16 Å². The van der Waals surface area contributed by atoms with Crippen molar-refractivity contribution < 1.29 is 38.8 Å². The number of fused-ring (bicyclic) bond motifs is 1. The number of aliphatic carboxylic acids is 2. The third-order valence-electron chi connectivity index (χ3n) is 6.70. The van der Waals surface area contributed by atoms with Gasteiger partial charge in [0, 0.05) is 53.8 Å². The van der Waals surface area contributed by atoms with Crippen LogP contribution in [-0.2, 0) is 30.6 Å². The summed E-state index contributed by atoms with van der Waals surface area (Å²) in [7, 11) is 0. The van der Waals surface area contributed by atoms with Crippen molar-refractivity contribution in [1.82, 2.24) is 24.9 Å². The van der Waals surface area contributed by atoms with E-state index < -0.39 is 46.5 Å². The number of amides is 2. The molecule has 2 aromatic heterocycles. The van der Waals surface area contributed by atoms with Crippen LogP contribution in [0.15, 0.2) is 41.0 Å². The van der Waals surface area contributed by atoms with Gasteiger partial charge < -0.3 is 36.7 Å². The smallest absolute Gasteiger partial charge is 0.352 e. The number of carbonyl (C=O) groups excluding carboxylic acids is 2. The minimum atomic E-state index is -1.78. The molecule has 0 saturated carbocycles. The van der Waals surface area contributed by atoms with Gasteiger partial charge in [0.15, 0.2) is 24.1 Å². The van der Waals surface area contributed by atoms with Crippen LogP contribution < -0.4 is 26.3 Å². The number of rotatable bonds is 11. The molecule has 18 heteroatoms. The van der Waals surface area contributed by atoms with E-state index in [-0.39, 0.29) is 23.2 Å². The number of nitrogen functional groups attached to an aromatic ring is 1. The number of hydrogen-bond acceptors (Lipinski definition) is 13. The molecule has 0 radical (unpaired) electrons. The number of thioether (sulfide) groups is 1. The van der Waals surface area contributed by atoms with Gasteiger partial charge in [0.25, 0.3) is 11.8 Å². The van der Waals surface area contributed by atoms with Gasteiger partial charge in [0.1, 0.15) is 17.1 Å². The molecule has 2 saturated heterocycles. The van der Waals surface area contributed by atoms with Gasteiger partial charge in [-0.15, -0.1) is 11.8 Å². The highest BCUT2D eigenvalue weighted by Crippen LogP contribution is 2.40. The van der Waals surface area contributed by atoms with Gasteiger partial charge in [-0.05, 0) is 13.8 Å². The third-order valence-corrected chi connectivity index (χ3v) is 8.58. The van der Waals surface area contributed by atoms with Gasteiger partial charge in [0.05, 0.1) is 6.04 Å². The average molecular weight is 619 g/mol. The maximum atomic E-state index is 13.2. The standard InChI is InChI=1S/C24H27N9O7S2/c1-24(2,22(38)39)40-30-14(17-29-23(25)42-31-17)18(34)28-15-19(35)33-16(21(36)37)11(10-41-20(15)33)9-32-5-3-12(4-6-32)27-13-7-26-8-13/h3-6,13,15,20,26H,7-10H2,1-2H3,(H5,25,28,29,31,34,36,37,38,39)/p+1/b30-14-. The predicted octanol–water partition coefficient (Wildman–Crippen LogP) is -1.19. The van der Waals surface area contributed by atoms with Crippen molar-refractivity contribution in [1.29, 1.82) is 0 Å². The number of aromatic nitrogens is 3. The Balaban J connectivity index is 1.30. The highest BCUT2D eigenvalue weighted by atomic mass is 32.2. The normalized spacial score (nSPS) is 20.8. The minimum absolute atomic E-state index is 0.0277. The molecule has 42 heavy (non-hydrogen) atoms. The molecule has 2 fully saturated rings. The highest BCUT2D eigenvalue weighted by Gasteiger charge is 2.55. The van der Waals surface area contributed by atoms with Crippen LogP contribution in [0.2, 0.25) is 0 Å². The number of pyridine rings is 1. The molecular weight excluding hydrogens is 590 g/mol. The van der Waals surface area contributed by atoms with E-state index in [4.69, 9.17) is 10.6 Å². The number of nitrogens with two attached hydrogens (primary N) is 1. The fraction of sp³-hybridized carbons (Fsp3) is 0.417. The SMILES string of the molecule is CC(C)(O/N=C(\C(=O)NC1C(=O)N2C(C(=O)O)=C(C[n+]3ccc(NC4CNC4)cc3)CSC12)c1nsc(N)n1)C(=O)O. The number of anilines is 2. The summed E-state index contributed by atoms with van der Waals surface area (Å²) in [5, 5.41) is 31.5. The van der Waals surface area contributed by atoms with Crippen molar-refractivity contribution in [2.45, 2.75) is 43.5 Å². The van der Waals surface area contributed by atoms with Crippen LogP contribution in [0.5, 0.6) is 0 Å². The van der Waals surface area contributed by atoms with Crippen molar-refractivity contribution in [3.63, 3.8) is 0 Å². The zero-order valence-corrected chi connectivity index (χ0v) is 24.1. The molecule has 222 valence electrons. The Morgan fingerprint density at radius 2 is 2.00 bits per heavy atom. The lowest BCUT2D eigenvalue weighted by molar-refractivity contribution is -0.688. The van der Waals surface area contributed by atoms with Crippen LogP contribution in [-0.4, -0.2) is 95.8 Å². The number of carboxylic acid groups (broad SMARTS) is 2. The van der Waals surface area contributed by atoms with E-state index in [1.165, 1.54) is 25.6 Å². The Morgan fingerprint density at radius 3 is 2.57 bits per heavy atom. The minimum Gasteiger partial charge on any atom is -0.478 e. The first-order valence-corrected chi connectivity index (χ1v) is 14.5. The summed E-state index contributed by atoms with van der Waals surface area (Å²) < 4.78 is 5.77. The molecule has 2 aromatic rings. The molecule has 16 nitrogen and oxygen atoms in total. The van der Waals surface area contributed by atoms with Crippen LogP contribution in [0.4, 0.5) is 10.8 Å². The maximum absolute atomic E-state index is 13.2. The molecule has 0 bridgehead atoms. The lowest BCUT2D eigenvalue weighted by Crippen LogP contribution is -2.71. The Hall–Kier alpha value is -4.29. The maximum Gasteiger partial charge on any atom is 0.352 e. The number of carbonyl (C=O) groups is 4. The lowest BCUT2D eigenvalue weighted by Gasteiger charge is -2.49. The molecule has 0 aromatic carbocycles. The van der Waals surface area contributed by atoms with E-state index in [1.54, 1.807) is 0 Å². The fourth-order valence-corrected chi connectivity index (χ4v) is 6.00. The molecule has 0 aliphatic carbocycles. The van der Waals surface area contributed by atoms with Crippen LogP contribution in [0.25, 0.3) is 0 Å². The van der Waals surface area contributed by atoms with Crippen molar-refractivity contribution in [2.75, 3.05) is 29.9 Å². The van der Waals surface area contributed by atoms with Gasteiger partial charge in [-0.25, -0.2) is 14.2 Å². The molecule has 3 aliphatic rings. The number of nitrogens with one attached hydrogen (secondary N) is 3. The molecule has 2 atom stereocenters. The van der Waals surface area contributed by atoms with Gasteiger partial charge in [-0.1, -0.05) is 5.16 Å². The first kappa shape index (κ1) is 29.2. The highest BCUT2D eigenvalue weighted by molar-refractivity contribution is 8.00. The predicted molar refractivity (Wildman–Crippen MR) is 150 cm³/mol. The lowest BCUT2D eigenvalue weighted by atomic mass is 10.0. The third kappa shape index (κ3) is 5.86. The summed E-state index contributed by atoms with van der Waals surface area (Å²) in [4.78, 5) is 60.2. The van der Waals surface area contributed by atoms with E-state index in [1.807, 2.05) is 29.1 Å². The number of hydrogen-bond donors (Lipinski definition) is 6.